The summed E-state index contributed by atoms with van der Waals surface area (Å²) in [6, 6.07) is 6.75. The molecule has 1 saturated heterocycles. The van der Waals surface area contributed by atoms with Crippen molar-refractivity contribution in [2.24, 2.45) is 0 Å². The zero-order valence-corrected chi connectivity index (χ0v) is 14.4. The van der Waals surface area contributed by atoms with Gasteiger partial charge in [-0.2, -0.15) is 0 Å². The molecule has 7 heteroatoms. The van der Waals surface area contributed by atoms with E-state index in [1.807, 2.05) is 0 Å². The summed E-state index contributed by atoms with van der Waals surface area (Å²) < 4.78 is 10.8. The van der Waals surface area contributed by atoms with E-state index in [0.29, 0.717) is 35.9 Å². The van der Waals surface area contributed by atoms with Crippen LogP contribution in [0.2, 0.25) is 0 Å². The number of nitrogens with zero attached hydrogens (tertiary/aromatic N) is 1. The van der Waals surface area contributed by atoms with Gasteiger partial charge in [0.15, 0.2) is 0 Å². The van der Waals surface area contributed by atoms with Gasteiger partial charge >= 0.3 is 5.97 Å². The fourth-order valence-electron chi connectivity index (χ4n) is 3.97. The van der Waals surface area contributed by atoms with Crippen LogP contribution in [0.4, 0.5) is 5.69 Å². The molecule has 7 nitrogen and oxygen atoms in total. The van der Waals surface area contributed by atoms with Gasteiger partial charge in [-0.1, -0.05) is 12.8 Å². The molecule has 26 heavy (non-hydrogen) atoms. The summed E-state index contributed by atoms with van der Waals surface area (Å²) in [5.41, 5.74) is 1.10. The van der Waals surface area contributed by atoms with Crippen molar-refractivity contribution in [3.8, 4) is 0 Å². The standard InChI is InChI=1S/C19H22N2O5/c22-18(15-11-25-8-7-21(15)14-3-1-2-4-14)20-13-5-6-16-12(9-13)10-17(26-16)19(23)24/h5-6,9-10,14-15H,1-4,7-8,11H2,(H,20,22)(H,23,24). The number of morpholine rings is 1. The van der Waals surface area contributed by atoms with Crippen LogP contribution in [0.1, 0.15) is 36.2 Å². The number of furan rings is 1. The summed E-state index contributed by atoms with van der Waals surface area (Å²) in [4.78, 5) is 26.1. The molecule has 1 unspecified atom stereocenters. The van der Waals surface area contributed by atoms with Gasteiger partial charge < -0.3 is 19.6 Å². The Morgan fingerprint density at radius 3 is 2.77 bits per heavy atom. The topological polar surface area (TPSA) is 92.0 Å². The Hall–Kier alpha value is -2.38. The Morgan fingerprint density at radius 2 is 2.00 bits per heavy atom. The molecule has 138 valence electrons. The number of rotatable bonds is 4. The van der Waals surface area contributed by atoms with Gasteiger partial charge in [-0.05, 0) is 37.1 Å². The van der Waals surface area contributed by atoms with E-state index in [1.54, 1.807) is 18.2 Å². The van der Waals surface area contributed by atoms with Crippen LogP contribution in [0.25, 0.3) is 11.0 Å². The van der Waals surface area contributed by atoms with Crippen molar-refractivity contribution in [3.05, 3.63) is 30.0 Å². The van der Waals surface area contributed by atoms with E-state index in [2.05, 4.69) is 10.2 Å². The minimum atomic E-state index is -1.11. The average molecular weight is 358 g/mol. The third kappa shape index (κ3) is 3.32. The molecule has 2 aliphatic rings. The molecule has 0 radical (unpaired) electrons. The van der Waals surface area contributed by atoms with E-state index in [0.717, 1.165) is 19.4 Å². The highest BCUT2D eigenvalue weighted by Crippen LogP contribution is 2.27. The lowest BCUT2D eigenvalue weighted by Crippen LogP contribution is -2.55. The second kappa shape index (κ2) is 7.09. The van der Waals surface area contributed by atoms with Gasteiger partial charge in [0.2, 0.25) is 11.7 Å². The van der Waals surface area contributed by atoms with E-state index >= 15 is 0 Å². The lowest BCUT2D eigenvalue weighted by Gasteiger charge is -2.38. The normalized spacial score (nSPS) is 21.9. The summed E-state index contributed by atoms with van der Waals surface area (Å²) in [5.74, 6) is -1.31. The largest absolute Gasteiger partial charge is 0.475 e. The summed E-state index contributed by atoms with van der Waals surface area (Å²) in [6.07, 6.45) is 4.73. The summed E-state index contributed by atoms with van der Waals surface area (Å²) in [5, 5.41) is 12.6. The Morgan fingerprint density at radius 1 is 1.19 bits per heavy atom. The number of carboxylic acids is 1. The van der Waals surface area contributed by atoms with Crippen LogP contribution in [0.15, 0.2) is 28.7 Å². The monoisotopic (exact) mass is 358 g/mol. The quantitative estimate of drug-likeness (QED) is 0.873. The van der Waals surface area contributed by atoms with Crippen molar-refractivity contribution in [3.63, 3.8) is 0 Å². The Bertz CT molecular complexity index is 824. The minimum Gasteiger partial charge on any atom is -0.475 e. The van der Waals surface area contributed by atoms with Crippen molar-refractivity contribution in [2.45, 2.75) is 37.8 Å². The van der Waals surface area contributed by atoms with Crippen LogP contribution >= 0.6 is 0 Å². The number of aromatic carboxylic acids is 1. The first-order valence-corrected chi connectivity index (χ1v) is 9.03. The first kappa shape index (κ1) is 17.1. The maximum absolute atomic E-state index is 12.8. The summed E-state index contributed by atoms with van der Waals surface area (Å²) in [7, 11) is 0. The van der Waals surface area contributed by atoms with E-state index < -0.39 is 5.97 Å². The van der Waals surface area contributed by atoms with Crippen molar-refractivity contribution in [1.29, 1.82) is 0 Å². The van der Waals surface area contributed by atoms with Gasteiger partial charge in [0.05, 0.1) is 13.2 Å². The molecule has 1 atom stereocenters. The van der Waals surface area contributed by atoms with Gasteiger partial charge in [-0.15, -0.1) is 0 Å². The number of amides is 1. The molecule has 4 rings (SSSR count). The molecule has 1 amide bonds. The smallest absolute Gasteiger partial charge is 0.371 e. The number of fused-ring (bicyclic) bond motifs is 1. The van der Waals surface area contributed by atoms with Gasteiger partial charge in [0.25, 0.3) is 0 Å². The Kier molecular flexibility index (Phi) is 4.65. The molecule has 0 bridgehead atoms. The first-order chi connectivity index (χ1) is 12.6. The van der Waals surface area contributed by atoms with Crippen LogP contribution in [0.3, 0.4) is 0 Å². The Labute approximate surface area is 150 Å². The lowest BCUT2D eigenvalue weighted by atomic mass is 10.1. The molecule has 2 aromatic rings. The fourth-order valence-corrected chi connectivity index (χ4v) is 3.97. The van der Waals surface area contributed by atoms with Gasteiger partial charge in [0.1, 0.15) is 11.6 Å². The van der Waals surface area contributed by atoms with Crippen molar-refractivity contribution in [1.82, 2.24) is 4.90 Å². The number of carbonyl (C=O) groups is 2. The van der Waals surface area contributed by atoms with Crippen molar-refractivity contribution < 1.29 is 23.8 Å². The average Bonchev–Trinajstić information content (AvgIpc) is 3.31. The second-order valence-corrected chi connectivity index (χ2v) is 6.92. The summed E-state index contributed by atoms with van der Waals surface area (Å²) >= 11 is 0. The molecule has 2 N–H and O–H groups in total. The molecular formula is C19H22N2O5. The van der Waals surface area contributed by atoms with Crippen molar-refractivity contribution in [2.75, 3.05) is 25.1 Å². The number of carboxylic acid groups (broad SMARTS) is 1. The SMILES string of the molecule is O=C(O)c1cc2cc(NC(=O)C3COCCN3C3CCCC3)ccc2o1. The molecule has 2 fully saturated rings. The first-order valence-electron chi connectivity index (χ1n) is 9.03. The number of hydrogen-bond acceptors (Lipinski definition) is 5. The molecule has 1 aliphatic heterocycles. The fraction of sp³-hybridized carbons (Fsp3) is 0.474. The Balaban J connectivity index is 1.50. The molecule has 1 aromatic heterocycles. The van der Waals surface area contributed by atoms with Crippen LogP contribution in [-0.4, -0.2) is 53.7 Å². The highest BCUT2D eigenvalue weighted by atomic mass is 16.5. The molecule has 0 spiro atoms. The maximum atomic E-state index is 12.8. The maximum Gasteiger partial charge on any atom is 0.371 e. The predicted molar refractivity (Wildman–Crippen MR) is 95.4 cm³/mol. The van der Waals surface area contributed by atoms with Gasteiger partial charge in [0, 0.05) is 23.7 Å². The van der Waals surface area contributed by atoms with E-state index in [1.165, 1.54) is 18.9 Å². The molecule has 2 heterocycles. The number of carbonyl (C=O) groups excluding carboxylic acids is 1. The van der Waals surface area contributed by atoms with Gasteiger partial charge in [-0.3, -0.25) is 9.69 Å². The number of hydrogen-bond donors (Lipinski definition) is 2. The van der Waals surface area contributed by atoms with E-state index in [-0.39, 0.29) is 17.7 Å². The van der Waals surface area contributed by atoms with Gasteiger partial charge in [-0.25, -0.2) is 4.79 Å². The third-order valence-electron chi connectivity index (χ3n) is 5.26. The third-order valence-corrected chi connectivity index (χ3v) is 5.26. The number of nitrogens with one attached hydrogen (secondary N) is 1. The van der Waals surface area contributed by atoms with Crippen LogP contribution in [-0.2, 0) is 9.53 Å². The highest BCUT2D eigenvalue weighted by Gasteiger charge is 2.35. The lowest BCUT2D eigenvalue weighted by molar-refractivity contribution is -0.129. The molecule has 1 saturated carbocycles. The highest BCUT2D eigenvalue weighted by molar-refractivity contribution is 5.98. The number of benzene rings is 1. The number of ether oxygens (including phenoxy) is 1. The minimum absolute atomic E-state index is 0.0853. The number of anilines is 1. The predicted octanol–water partition coefficient (Wildman–Crippen LogP) is 2.71. The van der Waals surface area contributed by atoms with Crippen LogP contribution in [0, 0.1) is 0 Å². The van der Waals surface area contributed by atoms with E-state index in [4.69, 9.17) is 14.3 Å². The van der Waals surface area contributed by atoms with Crippen molar-refractivity contribution >= 4 is 28.5 Å². The summed E-state index contributed by atoms with van der Waals surface area (Å²) in [6.45, 7) is 1.85. The zero-order chi connectivity index (χ0) is 18.1. The molecular weight excluding hydrogens is 336 g/mol. The molecule has 1 aliphatic carbocycles. The second-order valence-electron chi connectivity index (χ2n) is 6.92. The molecule has 1 aromatic carbocycles. The van der Waals surface area contributed by atoms with E-state index in [9.17, 15) is 9.59 Å². The van der Waals surface area contributed by atoms with Crippen LogP contribution in [0.5, 0.6) is 0 Å². The van der Waals surface area contributed by atoms with Crippen LogP contribution < -0.4 is 5.32 Å². The zero-order valence-electron chi connectivity index (χ0n) is 14.4.